The van der Waals surface area contributed by atoms with Crippen molar-refractivity contribution < 1.29 is 14.1 Å². The Kier molecular flexibility index (Phi) is 6.15. The van der Waals surface area contributed by atoms with Gasteiger partial charge in [-0.1, -0.05) is 36.4 Å². The molecule has 5 nitrogen and oxygen atoms in total. The van der Waals surface area contributed by atoms with Crippen LogP contribution in [0.1, 0.15) is 40.2 Å². The summed E-state index contributed by atoms with van der Waals surface area (Å²) < 4.78 is 12.4. The molecule has 6 heteroatoms. The minimum absolute atomic E-state index is 0.0908. The zero-order chi connectivity index (χ0) is 21.1. The fraction of sp³-hybridized carbons (Fsp3) is 0.348. The number of hydrogen-bond acceptors (Lipinski definition) is 4. The molecule has 29 heavy (non-hydrogen) atoms. The summed E-state index contributed by atoms with van der Waals surface area (Å²) >= 11 is 0. The normalized spacial score (nSPS) is 17.8. The summed E-state index contributed by atoms with van der Waals surface area (Å²) in [5.41, 5.74) is 3.00. The summed E-state index contributed by atoms with van der Waals surface area (Å²) in [5.74, 6) is -0.0908. The lowest BCUT2D eigenvalue weighted by atomic mass is 9.77. The molecule has 152 valence electrons. The molecule has 2 aromatic carbocycles. The standard InChI is InChI=1S/C23H29BN2O3/c1-17(27)25-16-19(24-28-22(2,3)23(4,5)29-24)14-18-10-9-13-21(15-18)26-20-11-7-6-8-12-20/h6-15,26H,16H2,1-5H3,(H,25,27). The van der Waals surface area contributed by atoms with E-state index in [0.29, 0.717) is 6.54 Å². The molecule has 0 unspecified atom stereocenters. The Morgan fingerprint density at radius 2 is 1.59 bits per heavy atom. The summed E-state index contributed by atoms with van der Waals surface area (Å²) in [5, 5.41) is 6.27. The Bertz CT molecular complexity index is 878. The van der Waals surface area contributed by atoms with Gasteiger partial charge in [-0.05, 0) is 63.0 Å². The summed E-state index contributed by atoms with van der Waals surface area (Å²) in [7, 11) is -0.516. The molecule has 1 aliphatic rings. The molecule has 0 bridgehead atoms. The third-order valence-corrected chi connectivity index (χ3v) is 5.40. The first kappa shape index (κ1) is 21.2. The van der Waals surface area contributed by atoms with Crippen LogP contribution in [0.2, 0.25) is 0 Å². The first-order chi connectivity index (χ1) is 13.7. The summed E-state index contributed by atoms with van der Waals surface area (Å²) in [6, 6.07) is 18.1. The highest BCUT2D eigenvalue weighted by atomic mass is 16.7. The van der Waals surface area contributed by atoms with Crippen molar-refractivity contribution in [1.29, 1.82) is 0 Å². The van der Waals surface area contributed by atoms with E-state index in [4.69, 9.17) is 9.31 Å². The maximum Gasteiger partial charge on any atom is 0.492 e. The van der Waals surface area contributed by atoms with Crippen LogP contribution in [0, 0.1) is 0 Å². The van der Waals surface area contributed by atoms with Gasteiger partial charge < -0.3 is 19.9 Å². The van der Waals surface area contributed by atoms with Crippen LogP contribution in [0.25, 0.3) is 6.08 Å². The molecular weight excluding hydrogens is 363 g/mol. The quantitative estimate of drug-likeness (QED) is 0.707. The summed E-state index contributed by atoms with van der Waals surface area (Å²) in [6.07, 6.45) is 2.02. The molecule has 1 amide bonds. The number of hydrogen-bond donors (Lipinski definition) is 2. The Labute approximate surface area is 173 Å². The van der Waals surface area contributed by atoms with Crippen LogP contribution in [0.3, 0.4) is 0 Å². The number of amides is 1. The van der Waals surface area contributed by atoms with Crippen molar-refractivity contribution in [1.82, 2.24) is 5.32 Å². The maximum absolute atomic E-state index is 11.5. The fourth-order valence-corrected chi connectivity index (χ4v) is 3.03. The molecule has 1 aliphatic heterocycles. The topological polar surface area (TPSA) is 59.6 Å². The molecule has 0 radical (unpaired) electrons. The van der Waals surface area contributed by atoms with E-state index in [-0.39, 0.29) is 5.91 Å². The van der Waals surface area contributed by atoms with Gasteiger partial charge in [-0.3, -0.25) is 4.79 Å². The molecule has 0 saturated carbocycles. The van der Waals surface area contributed by atoms with Gasteiger partial charge in [0, 0.05) is 24.8 Å². The van der Waals surface area contributed by atoms with E-state index in [1.807, 2.05) is 82.3 Å². The lowest BCUT2D eigenvalue weighted by Crippen LogP contribution is -2.41. The largest absolute Gasteiger partial charge is 0.492 e. The molecule has 1 saturated heterocycles. The maximum atomic E-state index is 11.5. The van der Waals surface area contributed by atoms with Crippen molar-refractivity contribution in [2.45, 2.75) is 45.8 Å². The molecule has 2 N–H and O–H groups in total. The van der Waals surface area contributed by atoms with Gasteiger partial charge in [0.25, 0.3) is 0 Å². The molecule has 1 fully saturated rings. The third kappa shape index (κ3) is 5.28. The summed E-state index contributed by atoms with van der Waals surface area (Å²) in [4.78, 5) is 11.5. The van der Waals surface area contributed by atoms with Crippen LogP contribution >= 0.6 is 0 Å². The van der Waals surface area contributed by atoms with Gasteiger partial charge >= 0.3 is 7.12 Å². The van der Waals surface area contributed by atoms with Crippen LogP contribution < -0.4 is 10.6 Å². The number of rotatable bonds is 6. The molecule has 0 spiro atoms. The van der Waals surface area contributed by atoms with E-state index in [1.165, 1.54) is 6.92 Å². The third-order valence-electron chi connectivity index (χ3n) is 5.40. The molecule has 2 aromatic rings. The van der Waals surface area contributed by atoms with E-state index >= 15 is 0 Å². The van der Waals surface area contributed by atoms with Gasteiger partial charge in [0.15, 0.2) is 0 Å². The molecule has 0 atom stereocenters. The highest BCUT2D eigenvalue weighted by Crippen LogP contribution is 2.38. The minimum atomic E-state index is -0.516. The number of carbonyl (C=O) groups excluding carboxylic acids is 1. The van der Waals surface area contributed by atoms with Gasteiger partial charge in [0.2, 0.25) is 5.91 Å². The van der Waals surface area contributed by atoms with E-state index in [2.05, 4.69) is 16.7 Å². The Balaban J connectivity index is 1.86. The van der Waals surface area contributed by atoms with E-state index in [9.17, 15) is 4.79 Å². The average molecular weight is 392 g/mol. The number of nitrogens with one attached hydrogen (secondary N) is 2. The highest BCUT2D eigenvalue weighted by Gasteiger charge is 2.52. The molecule has 1 heterocycles. The van der Waals surface area contributed by atoms with Gasteiger partial charge in [-0.25, -0.2) is 0 Å². The van der Waals surface area contributed by atoms with Crippen LogP contribution in [0.4, 0.5) is 11.4 Å². The second-order valence-corrected chi connectivity index (χ2v) is 8.33. The molecule has 3 rings (SSSR count). The van der Waals surface area contributed by atoms with E-state index in [1.54, 1.807) is 0 Å². The smallest absolute Gasteiger partial charge is 0.400 e. The fourth-order valence-electron chi connectivity index (χ4n) is 3.03. The van der Waals surface area contributed by atoms with Crippen LogP contribution in [0.5, 0.6) is 0 Å². The molecule has 0 aliphatic carbocycles. The first-order valence-electron chi connectivity index (χ1n) is 9.89. The SMILES string of the molecule is CC(=O)NCC(=Cc1cccc(Nc2ccccc2)c1)B1OC(C)(C)C(C)(C)O1. The lowest BCUT2D eigenvalue weighted by Gasteiger charge is -2.32. The highest BCUT2D eigenvalue weighted by molar-refractivity contribution is 6.56. The van der Waals surface area contributed by atoms with Crippen molar-refractivity contribution in [3.8, 4) is 0 Å². The van der Waals surface area contributed by atoms with E-state index < -0.39 is 18.3 Å². The van der Waals surface area contributed by atoms with Crippen molar-refractivity contribution in [3.05, 3.63) is 65.6 Å². The number of benzene rings is 2. The van der Waals surface area contributed by atoms with Gasteiger partial charge in [0.1, 0.15) is 0 Å². The Morgan fingerprint density at radius 3 is 2.21 bits per heavy atom. The monoisotopic (exact) mass is 392 g/mol. The van der Waals surface area contributed by atoms with Crippen LogP contribution in [-0.2, 0) is 14.1 Å². The van der Waals surface area contributed by atoms with Gasteiger partial charge in [-0.2, -0.15) is 0 Å². The molecular formula is C23H29BN2O3. The first-order valence-corrected chi connectivity index (χ1v) is 9.89. The second kappa shape index (κ2) is 8.43. The predicted molar refractivity (Wildman–Crippen MR) is 119 cm³/mol. The van der Waals surface area contributed by atoms with E-state index in [0.717, 1.165) is 22.4 Å². The second-order valence-electron chi connectivity index (χ2n) is 8.33. The predicted octanol–water partition coefficient (Wildman–Crippen LogP) is 4.58. The van der Waals surface area contributed by atoms with Crippen LogP contribution in [0.15, 0.2) is 60.1 Å². The van der Waals surface area contributed by atoms with Crippen LogP contribution in [-0.4, -0.2) is 30.8 Å². The Hall–Kier alpha value is -2.57. The number of para-hydroxylation sites is 1. The zero-order valence-electron chi connectivity index (χ0n) is 17.8. The lowest BCUT2D eigenvalue weighted by molar-refractivity contribution is -0.118. The van der Waals surface area contributed by atoms with Crippen molar-refractivity contribution in [2.24, 2.45) is 0 Å². The zero-order valence-corrected chi connectivity index (χ0v) is 17.8. The molecule has 0 aromatic heterocycles. The van der Waals surface area contributed by atoms with Crippen molar-refractivity contribution in [3.63, 3.8) is 0 Å². The minimum Gasteiger partial charge on any atom is -0.400 e. The average Bonchev–Trinajstić information content (AvgIpc) is 2.87. The van der Waals surface area contributed by atoms with Crippen molar-refractivity contribution in [2.75, 3.05) is 11.9 Å². The van der Waals surface area contributed by atoms with Gasteiger partial charge in [0.05, 0.1) is 11.2 Å². The van der Waals surface area contributed by atoms with Gasteiger partial charge in [-0.15, -0.1) is 0 Å². The number of anilines is 2. The number of carbonyl (C=O) groups is 1. The Morgan fingerprint density at radius 1 is 0.966 bits per heavy atom. The van der Waals surface area contributed by atoms with Crippen molar-refractivity contribution >= 4 is 30.5 Å². The summed E-state index contributed by atoms with van der Waals surface area (Å²) in [6.45, 7) is 9.95.